The fraction of sp³-hybridized carbons (Fsp3) is 0.571. The predicted molar refractivity (Wildman–Crippen MR) is 67.7 cm³/mol. The minimum absolute atomic E-state index is 0.135. The summed E-state index contributed by atoms with van der Waals surface area (Å²) in [5.74, 6) is 0.0805. The minimum Gasteiger partial charge on any atom is -0.508 e. The predicted octanol–water partition coefficient (Wildman–Crippen LogP) is 2.12. The zero-order valence-corrected chi connectivity index (χ0v) is 10.6. The van der Waals surface area contributed by atoms with Gasteiger partial charge in [0.25, 0.3) is 0 Å². The normalized spacial score (nSPS) is 22.9. The average molecular weight is 253 g/mol. The highest BCUT2D eigenvalue weighted by Crippen LogP contribution is 2.24. The molecule has 2 atom stereocenters. The molecule has 1 aromatic carbocycles. The molecule has 0 amide bonds. The zero-order valence-electron chi connectivity index (χ0n) is 10.6. The number of likely N-dealkylation sites (tertiary alicyclic amines) is 1. The molecule has 0 spiro atoms. The lowest BCUT2D eigenvalue weighted by atomic mass is 9.93. The lowest BCUT2D eigenvalue weighted by molar-refractivity contribution is 0.0596. The van der Waals surface area contributed by atoms with Gasteiger partial charge >= 0.3 is 0 Å². The van der Waals surface area contributed by atoms with E-state index in [9.17, 15) is 14.6 Å². The standard InChI is InChI=1S/C14H20FNO2/c1-10(17)11-3-2-6-16(8-11)9-12-7-13(15)4-5-14(12)18/h4-5,7,10-11,17-18H,2-3,6,8-9H2,1H3/t10-,11+/m0/s1. The van der Waals surface area contributed by atoms with Gasteiger partial charge in [-0.15, -0.1) is 0 Å². The third-order valence-electron chi connectivity index (χ3n) is 3.66. The number of phenolic OH excluding ortho intramolecular Hbond substituents is 1. The number of rotatable bonds is 3. The molecule has 1 saturated heterocycles. The first-order chi connectivity index (χ1) is 8.56. The van der Waals surface area contributed by atoms with E-state index in [-0.39, 0.29) is 23.6 Å². The van der Waals surface area contributed by atoms with Crippen molar-refractivity contribution in [3.05, 3.63) is 29.6 Å². The molecule has 1 aliphatic rings. The van der Waals surface area contributed by atoms with Gasteiger partial charge in [-0.05, 0) is 50.4 Å². The number of piperidine rings is 1. The van der Waals surface area contributed by atoms with Crippen LogP contribution in [0.2, 0.25) is 0 Å². The molecule has 3 nitrogen and oxygen atoms in total. The Morgan fingerprint density at radius 2 is 2.28 bits per heavy atom. The summed E-state index contributed by atoms with van der Waals surface area (Å²) in [6.07, 6.45) is 1.75. The summed E-state index contributed by atoms with van der Waals surface area (Å²) in [5.41, 5.74) is 0.612. The second-order valence-corrected chi connectivity index (χ2v) is 5.15. The van der Waals surface area contributed by atoms with Crippen LogP contribution < -0.4 is 0 Å². The Kier molecular flexibility index (Phi) is 4.19. The molecule has 1 fully saturated rings. The van der Waals surface area contributed by atoms with Crippen molar-refractivity contribution in [3.8, 4) is 5.75 Å². The smallest absolute Gasteiger partial charge is 0.123 e. The molecule has 0 aliphatic carbocycles. The monoisotopic (exact) mass is 253 g/mol. The molecule has 2 N–H and O–H groups in total. The SMILES string of the molecule is C[C@H](O)[C@@H]1CCCN(Cc2cc(F)ccc2O)C1. The van der Waals surface area contributed by atoms with Crippen molar-refractivity contribution in [2.45, 2.75) is 32.4 Å². The molecule has 4 heteroatoms. The molecular formula is C14H20FNO2. The van der Waals surface area contributed by atoms with Gasteiger partial charge in [-0.2, -0.15) is 0 Å². The molecule has 0 saturated carbocycles. The van der Waals surface area contributed by atoms with Crippen molar-refractivity contribution >= 4 is 0 Å². The van der Waals surface area contributed by atoms with Crippen LogP contribution in [0, 0.1) is 11.7 Å². The first-order valence-corrected chi connectivity index (χ1v) is 6.44. The summed E-state index contributed by atoms with van der Waals surface area (Å²) in [6, 6.07) is 4.02. The summed E-state index contributed by atoms with van der Waals surface area (Å²) in [7, 11) is 0. The third-order valence-corrected chi connectivity index (χ3v) is 3.66. The van der Waals surface area contributed by atoms with Crippen LogP contribution in [0.3, 0.4) is 0 Å². The van der Waals surface area contributed by atoms with Gasteiger partial charge in [0.15, 0.2) is 0 Å². The van der Waals surface area contributed by atoms with Crippen molar-refractivity contribution in [2.24, 2.45) is 5.92 Å². The largest absolute Gasteiger partial charge is 0.508 e. The summed E-state index contributed by atoms with van der Waals surface area (Å²) in [5, 5.41) is 19.3. The van der Waals surface area contributed by atoms with E-state index in [1.165, 1.54) is 18.2 Å². The van der Waals surface area contributed by atoms with E-state index in [1.54, 1.807) is 0 Å². The van der Waals surface area contributed by atoms with Gasteiger partial charge in [0.1, 0.15) is 11.6 Å². The molecular weight excluding hydrogens is 233 g/mol. The van der Waals surface area contributed by atoms with E-state index >= 15 is 0 Å². The van der Waals surface area contributed by atoms with Gasteiger partial charge in [-0.1, -0.05) is 0 Å². The average Bonchev–Trinajstić information content (AvgIpc) is 2.34. The number of aromatic hydroxyl groups is 1. The van der Waals surface area contributed by atoms with Crippen LogP contribution in [0.1, 0.15) is 25.3 Å². The maximum atomic E-state index is 13.1. The zero-order chi connectivity index (χ0) is 13.1. The van der Waals surface area contributed by atoms with Crippen LogP contribution in [0.5, 0.6) is 5.75 Å². The van der Waals surface area contributed by atoms with Crippen molar-refractivity contribution in [1.82, 2.24) is 4.90 Å². The number of aliphatic hydroxyl groups is 1. The van der Waals surface area contributed by atoms with Crippen LogP contribution in [0.15, 0.2) is 18.2 Å². The number of hydrogen-bond donors (Lipinski definition) is 2. The molecule has 0 bridgehead atoms. The number of aliphatic hydroxyl groups excluding tert-OH is 1. The van der Waals surface area contributed by atoms with Crippen LogP contribution in [0.25, 0.3) is 0 Å². The molecule has 100 valence electrons. The van der Waals surface area contributed by atoms with Crippen LogP contribution in [-0.4, -0.2) is 34.3 Å². The molecule has 1 aromatic rings. The Balaban J connectivity index is 2.02. The van der Waals surface area contributed by atoms with Crippen LogP contribution >= 0.6 is 0 Å². The van der Waals surface area contributed by atoms with Crippen molar-refractivity contribution in [2.75, 3.05) is 13.1 Å². The van der Waals surface area contributed by atoms with E-state index < -0.39 is 0 Å². The van der Waals surface area contributed by atoms with Gasteiger partial charge in [0, 0.05) is 18.7 Å². The van der Waals surface area contributed by atoms with E-state index in [4.69, 9.17) is 0 Å². The maximum absolute atomic E-state index is 13.1. The Labute approximate surface area is 107 Å². The number of phenols is 1. The molecule has 1 aliphatic heterocycles. The molecule has 0 unspecified atom stereocenters. The van der Waals surface area contributed by atoms with Gasteiger partial charge in [0.2, 0.25) is 0 Å². The Morgan fingerprint density at radius 1 is 1.50 bits per heavy atom. The molecule has 2 rings (SSSR count). The molecule has 0 radical (unpaired) electrons. The number of halogens is 1. The van der Waals surface area contributed by atoms with E-state index in [0.717, 1.165) is 25.9 Å². The lowest BCUT2D eigenvalue weighted by Crippen LogP contribution is -2.39. The van der Waals surface area contributed by atoms with E-state index in [1.807, 2.05) is 6.92 Å². The fourth-order valence-corrected chi connectivity index (χ4v) is 2.55. The van der Waals surface area contributed by atoms with Crippen molar-refractivity contribution < 1.29 is 14.6 Å². The maximum Gasteiger partial charge on any atom is 0.123 e. The topological polar surface area (TPSA) is 43.7 Å². The first kappa shape index (κ1) is 13.3. The Bertz CT molecular complexity index is 409. The number of benzene rings is 1. The summed E-state index contributed by atoms with van der Waals surface area (Å²) >= 11 is 0. The third kappa shape index (κ3) is 3.21. The van der Waals surface area contributed by atoms with Gasteiger partial charge in [-0.3, -0.25) is 4.90 Å². The minimum atomic E-state index is -0.327. The highest BCUT2D eigenvalue weighted by Gasteiger charge is 2.23. The second-order valence-electron chi connectivity index (χ2n) is 5.15. The fourth-order valence-electron chi connectivity index (χ4n) is 2.55. The Hall–Kier alpha value is -1.13. The number of hydrogen-bond acceptors (Lipinski definition) is 3. The first-order valence-electron chi connectivity index (χ1n) is 6.44. The van der Waals surface area contributed by atoms with Gasteiger partial charge < -0.3 is 10.2 Å². The van der Waals surface area contributed by atoms with E-state index in [2.05, 4.69) is 4.90 Å². The van der Waals surface area contributed by atoms with Crippen molar-refractivity contribution in [1.29, 1.82) is 0 Å². The summed E-state index contributed by atoms with van der Waals surface area (Å²) in [6.45, 7) is 4.08. The molecule has 1 heterocycles. The van der Waals surface area contributed by atoms with Gasteiger partial charge in [0.05, 0.1) is 6.10 Å². The van der Waals surface area contributed by atoms with E-state index in [0.29, 0.717) is 12.1 Å². The van der Waals surface area contributed by atoms with Crippen LogP contribution in [-0.2, 0) is 6.54 Å². The summed E-state index contributed by atoms with van der Waals surface area (Å²) < 4.78 is 13.1. The van der Waals surface area contributed by atoms with Crippen molar-refractivity contribution in [3.63, 3.8) is 0 Å². The quantitative estimate of drug-likeness (QED) is 0.867. The lowest BCUT2D eigenvalue weighted by Gasteiger charge is -2.34. The molecule has 18 heavy (non-hydrogen) atoms. The highest BCUT2D eigenvalue weighted by atomic mass is 19.1. The number of nitrogens with zero attached hydrogens (tertiary/aromatic N) is 1. The summed E-state index contributed by atoms with van der Waals surface area (Å²) in [4.78, 5) is 2.16. The second kappa shape index (κ2) is 5.67. The molecule has 0 aromatic heterocycles. The van der Waals surface area contributed by atoms with Gasteiger partial charge in [-0.25, -0.2) is 4.39 Å². The van der Waals surface area contributed by atoms with Crippen LogP contribution in [0.4, 0.5) is 4.39 Å². The highest BCUT2D eigenvalue weighted by molar-refractivity contribution is 5.32. The Morgan fingerprint density at radius 3 is 3.00 bits per heavy atom.